The average molecular weight is 316 g/mol. The Bertz CT molecular complexity index is 520. The molecule has 1 aliphatic heterocycles. The summed E-state index contributed by atoms with van der Waals surface area (Å²) in [4.78, 5) is 14.5. The van der Waals surface area contributed by atoms with Gasteiger partial charge in [0.1, 0.15) is 5.75 Å². The van der Waals surface area contributed by atoms with E-state index < -0.39 is 0 Å². The van der Waals surface area contributed by atoms with Gasteiger partial charge in [0.25, 0.3) is 0 Å². The summed E-state index contributed by atoms with van der Waals surface area (Å²) in [6.07, 6.45) is 5.37. The second-order valence-electron chi connectivity index (χ2n) is 6.87. The van der Waals surface area contributed by atoms with Crippen molar-refractivity contribution in [3.63, 3.8) is 0 Å². The van der Waals surface area contributed by atoms with Crippen molar-refractivity contribution in [1.82, 2.24) is 10.2 Å². The van der Waals surface area contributed by atoms with Gasteiger partial charge in [0.15, 0.2) is 0 Å². The Balaban J connectivity index is 1.30. The van der Waals surface area contributed by atoms with E-state index in [9.17, 15) is 4.79 Å². The number of amides is 1. The quantitative estimate of drug-likeness (QED) is 0.787. The summed E-state index contributed by atoms with van der Waals surface area (Å²) < 4.78 is 5.85. The Morgan fingerprint density at radius 1 is 1.22 bits per heavy atom. The lowest BCUT2D eigenvalue weighted by molar-refractivity contribution is -0.126. The van der Waals surface area contributed by atoms with Gasteiger partial charge in [-0.3, -0.25) is 4.79 Å². The molecule has 0 radical (unpaired) electrons. The fourth-order valence-electron chi connectivity index (χ4n) is 3.15. The van der Waals surface area contributed by atoms with Gasteiger partial charge in [-0.25, -0.2) is 0 Å². The molecule has 0 unspecified atom stereocenters. The maximum Gasteiger partial charge on any atom is 0.223 e. The van der Waals surface area contributed by atoms with E-state index >= 15 is 0 Å². The van der Waals surface area contributed by atoms with Crippen LogP contribution in [0.5, 0.6) is 5.75 Å². The first-order valence-electron chi connectivity index (χ1n) is 8.93. The van der Waals surface area contributed by atoms with Crippen LogP contribution in [-0.4, -0.2) is 43.1 Å². The number of piperidine rings is 1. The number of benzene rings is 1. The number of hydrogen-bond acceptors (Lipinski definition) is 3. The molecule has 1 aromatic rings. The largest absolute Gasteiger partial charge is 0.493 e. The highest BCUT2D eigenvalue weighted by molar-refractivity contribution is 5.79. The lowest BCUT2D eigenvalue weighted by atomic mass is 9.96. The fraction of sp³-hybridized carbons (Fsp3) is 0.632. The van der Waals surface area contributed by atoms with Crippen LogP contribution in [0.1, 0.15) is 37.7 Å². The zero-order valence-corrected chi connectivity index (χ0v) is 14.1. The molecule has 1 heterocycles. The second-order valence-corrected chi connectivity index (χ2v) is 6.87. The van der Waals surface area contributed by atoms with E-state index in [1.54, 1.807) is 0 Å². The molecular formula is C19H28N2O2. The van der Waals surface area contributed by atoms with Crippen LogP contribution < -0.4 is 10.1 Å². The smallest absolute Gasteiger partial charge is 0.223 e. The number of carbonyl (C=O) groups is 1. The van der Waals surface area contributed by atoms with Crippen molar-refractivity contribution < 1.29 is 9.53 Å². The molecule has 1 aromatic carbocycles. The van der Waals surface area contributed by atoms with Crippen LogP contribution >= 0.6 is 0 Å². The highest BCUT2D eigenvalue weighted by atomic mass is 16.5. The third kappa shape index (κ3) is 4.96. The Hall–Kier alpha value is -1.55. The molecule has 1 N–H and O–H groups in total. The van der Waals surface area contributed by atoms with E-state index in [4.69, 9.17) is 4.74 Å². The lowest BCUT2D eigenvalue weighted by Gasteiger charge is -2.31. The number of para-hydroxylation sites is 1. The van der Waals surface area contributed by atoms with Gasteiger partial charge in [-0.1, -0.05) is 18.2 Å². The maximum atomic E-state index is 12.1. The first kappa shape index (κ1) is 16.3. The van der Waals surface area contributed by atoms with E-state index in [-0.39, 0.29) is 11.8 Å². The first-order chi connectivity index (χ1) is 11.2. The number of rotatable bonds is 7. The van der Waals surface area contributed by atoms with Crippen molar-refractivity contribution in [3.05, 3.63) is 29.8 Å². The average Bonchev–Trinajstić information content (AvgIpc) is 3.37. The molecule has 1 amide bonds. The number of nitrogens with one attached hydrogen (secondary N) is 1. The van der Waals surface area contributed by atoms with Crippen LogP contribution in [0.15, 0.2) is 24.3 Å². The van der Waals surface area contributed by atoms with Gasteiger partial charge in [-0.2, -0.15) is 0 Å². The summed E-state index contributed by atoms with van der Waals surface area (Å²) in [5, 5.41) is 3.14. The summed E-state index contributed by atoms with van der Waals surface area (Å²) in [5.74, 6) is 1.51. The second kappa shape index (κ2) is 7.82. The topological polar surface area (TPSA) is 41.6 Å². The molecule has 0 aromatic heterocycles. The number of aryl methyl sites for hydroxylation is 1. The summed E-state index contributed by atoms with van der Waals surface area (Å²) >= 11 is 0. The molecule has 4 heteroatoms. The van der Waals surface area contributed by atoms with Gasteiger partial charge < -0.3 is 15.0 Å². The van der Waals surface area contributed by atoms with Gasteiger partial charge in [0, 0.05) is 18.5 Å². The fourth-order valence-corrected chi connectivity index (χ4v) is 3.15. The van der Waals surface area contributed by atoms with Crippen LogP contribution in [-0.2, 0) is 4.79 Å². The molecule has 0 atom stereocenters. The normalized spacial score (nSPS) is 19.5. The molecular weight excluding hydrogens is 288 g/mol. The standard InChI is InChI=1S/C19H28N2O2/c1-15-5-2-3-6-18(15)23-14-4-11-21-12-9-16(10-13-21)19(22)20-17-7-8-17/h2-3,5-6,16-17H,4,7-14H2,1H3,(H,20,22). The number of nitrogens with zero attached hydrogens (tertiary/aromatic N) is 1. The third-order valence-electron chi connectivity index (χ3n) is 4.85. The first-order valence-corrected chi connectivity index (χ1v) is 8.93. The van der Waals surface area contributed by atoms with Crippen molar-refractivity contribution in [3.8, 4) is 5.75 Å². The molecule has 3 rings (SSSR count). The Labute approximate surface area is 139 Å². The monoisotopic (exact) mass is 316 g/mol. The highest BCUT2D eigenvalue weighted by Gasteiger charge is 2.29. The predicted octanol–water partition coefficient (Wildman–Crippen LogP) is 2.75. The number of hydrogen-bond donors (Lipinski definition) is 1. The van der Waals surface area contributed by atoms with E-state index in [1.807, 2.05) is 18.2 Å². The summed E-state index contributed by atoms with van der Waals surface area (Å²) in [6.45, 7) is 5.96. The van der Waals surface area contributed by atoms with E-state index in [2.05, 4.69) is 23.2 Å². The molecule has 0 spiro atoms. The third-order valence-corrected chi connectivity index (χ3v) is 4.85. The Kier molecular flexibility index (Phi) is 5.55. The molecule has 2 fully saturated rings. The predicted molar refractivity (Wildman–Crippen MR) is 91.6 cm³/mol. The van der Waals surface area contributed by atoms with E-state index in [1.165, 1.54) is 18.4 Å². The summed E-state index contributed by atoms with van der Waals surface area (Å²) in [5.41, 5.74) is 1.19. The van der Waals surface area contributed by atoms with Crippen LogP contribution in [0.2, 0.25) is 0 Å². The molecule has 0 bridgehead atoms. The molecule has 4 nitrogen and oxygen atoms in total. The van der Waals surface area contributed by atoms with Crippen molar-refractivity contribution in [2.45, 2.75) is 45.1 Å². The van der Waals surface area contributed by atoms with Crippen LogP contribution in [0, 0.1) is 12.8 Å². The van der Waals surface area contributed by atoms with Crippen LogP contribution in [0.4, 0.5) is 0 Å². The van der Waals surface area contributed by atoms with Gasteiger partial charge in [-0.15, -0.1) is 0 Å². The number of ether oxygens (including phenoxy) is 1. The summed E-state index contributed by atoms with van der Waals surface area (Å²) in [7, 11) is 0. The molecule has 126 valence electrons. The van der Waals surface area contributed by atoms with Crippen molar-refractivity contribution in [2.24, 2.45) is 5.92 Å². The maximum absolute atomic E-state index is 12.1. The molecule has 1 saturated carbocycles. The number of likely N-dealkylation sites (tertiary alicyclic amines) is 1. The van der Waals surface area contributed by atoms with Gasteiger partial charge >= 0.3 is 0 Å². The SMILES string of the molecule is Cc1ccccc1OCCCN1CCC(C(=O)NC2CC2)CC1. The zero-order valence-electron chi connectivity index (χ0n) is 14.1. The minimum Gasteiger partial charge on any atom is -0.493 e. The Morgan fingerprint density at radius 2 is 1.96 bits per heavy atom. The number of carbonyl (C=O) groups excluding carboxylic acids is 1. The van der Waals surface area contributed by atoms with Gasteiger partial charge in [0.2, 0.25) is 5.91 Å². The van der Waals surface area contributed by atoms with E-state index in [0.29, 0.717) is 6.04 Å². The minimum absolute atomic E-state index is 0.232. The minimum atomic E-state index is 0.232. The van der Waals surface area contributed by atoms with Crippen molar-refractivity contribution in [1.29, 1.82) is 0 Å². The molecule has 2 aliphatic rings. The molecule has 23 heavy (non-hydrogen) atoms. The van der Waals surface area contributed by atoms with Crippen molar-refractivity contribution >= 4 is 5.91 Å². The lowest BCUT2D eigenvalue weighted by Crippen LogP contribution is -2.41. The Morgan fingerprint density at radius 3 is 2.65 bits per heavy atom. The van der Waals surface area contributed by atoms with Gasteiger partial charge in [0.05, 0.1) is 6.61 Å². The molecule has 1 aliphatic carbocycles. The van der Waals surface area contributed by atoms with Crippen molar-refractivity contribution in [2.75, 3.05) is 26.2 Å². The van der Waals surface area contributed by atoms with E-state index in [0.717, 1.165) is 51.3 Å². The van der Waals surface area contributed by atoms with Crippen LogP contribution in [0.3, 0.4) is 0 Å². The van der Waals surface area contributed by atoms with Crippen LogP contribution in [0.25, 0.3) is 0 Å². The molecule has 1 saturated heterocycles. The van der Waals surface area contributed by atoms with Gasteiger partial charge in [-0.05, 0) is 63.7 Å². The zero-order chi connectivity index (χ0) is 16.1. The highest BCUT2D eigenvalue weighted by Crippen LogP contribution is 2.23. The summed E-state index contributed by atoms with van der Waals surface area (Å²) in [6, 6.07) is 8.64.